The Morgan fingerprint density at radius 1 is 1.14 bits per heavy atom. The maximum absolute atomic E-state index is 11.2. The number of hydrogen-bond donors (Lipinski definition) is 1. The van der Waals surface area contributed by atoms with Gasteiger partial charge in [-0.2, -0.15) is 10.2 Å². The first-order chi connectivity index (χ1) is 9.20. The average Bonchev–Trinajstić information content (AvgIpc) is 2.48. The maximum atomic E-state index is 11.2. The van der Waals surface area contributed by atoms with Crippen molar-refractivity contribution >= 4 is 30.8 Å². The zero-order chi connectivity index (χ0) is 13.7. The van der Waals surface area contributed by atoms with Gasteiger partial charge in [-0.1, -0.05) is 24.3 Å². The molecule has 2 rings (SSSR count). The standard InChI is InChI=1S/C14H15N3O2.2ClH/c1-19-14(18)13(15)8-10-2-4-11(5-3-10)12-6-7-16-17-9-12;;/h2-7,9,13H,8,15H2,1H3;2*1H. The molecule has 0 aliphatic carbocycles. The van der Waals surface area contributed by atoms with Crippen LogP contribution in [0.25, 0.3) is 11.1 Å². The Morgan fingerprint density at radius 2 is 1.81 bits per heavy atom. The molecule has 0 saturated heterocycles. The van der Waals surface area contributed by atoms with Crippen LogP contribution in [0, 0.1) is 0 Å². The van der Waals surface area contributed by atoms with Crippen LogP contribution >= 0.6 is 24.8 Å². The van der Waals surface area contributed by atoms with E-state index in [9.17, 15) is 4.79 Å². The van der Waals surface area contributed by atoms with Gasteiger partial charge < -0.3 is 10.5 Å². The van der Waals surface area contributed by atoms with E-state index in [-0.39, 0.29) is 24.8 Å². The van der Waals surface area contributed by atoms with E-state index in [1.807, 2.05) is 30.3 Å². The number of nitrogens with zero attached hydrogens (tertiary/aromatic N) is 2. The molecule has 0 aliphatic heterocycles. The number of hydrogen-bond acceptors (Lipinski definition) is 5. The summed E-state index contributed by atoms with van der Waals surface area (Å²) < 4.78 is 4.60. The minimum atomic E-state index is -0.626. The first kappa shape index (κ1) is 19.3. The highest BCUT2D eigenvalue weighted by Gasteiger charge is 2.13. The van der Waals surface area contributed by atoms with Gasteiger partial charge in [-0.25, -0.2) is 0 Å². The van der Waals surface area contributed by atoms with Gasteiger partial charge in [0.05, 0.1) is 19.5 Å². The summed E-state index contributed by atoms with van der Waals surface area (Å²) in [5, 5.41) is 7.57. The molecule has 0 amide bonds. The van der Waals surface area contributed by atoms with Crippen LogP contribution < -0.4 is 5.73 Å². The second-order valence-electron chi connectivity index (χ2n) is 4.16. The monoisotopic (exact) mass is 329 g/mol. The van der Waals surface area contributed by atoms with Crippen molar-refractivity contribution in [2.24, 2.45) is 5.73 Å². The molecule has 0 spiro atoms. The molecule has 5 nitrogen and oxygen atoms in total. The first-order valence-electron chi connectivity index (χ1n) is 5.90. The molecule has 2 aromatic rings. The van der Waals surface area contributed by atoms with Crippen LogP contribution in [0.3, 0.4) is 0 Å². The van der Waals surface area contributed by atoms with E-state index in [0.717, 1.165) is 16.7 Å². The van der Waals surface area contributed by atoms with Crippen LogP contribution in [0.4, 0.5) is 0 Å². The summed E-state index contributed by atoms with van der Waals surface area (Å²) in [5.41, 5.74) is 8.75. The largest absolute Gasteiger partial charge is 0.468 e. The van der Waals surface area contributed by atoms with Crippen molar-refractivity contribution < 1.29 is 9.53 Å². The molecular weight excluding hydrogens is 313 g/mol. The normalized spacial score (nSPS) is 10.8. The summed E-state index contributed by atoms with van der Waals surface area (Å²) in [4.78, 5) is 11.2. The molecule has 1 aromatic heterocycles. The lowest BCUT2D eigenvalue weighted by atomic mass is 10.0. The fraction of sp³-hybridized carbons (Fsp3) is 0.214. The lowest BCUT2D eigenvalue weighted by Gasteiger charge is -2.09. The lowest BCUT2D eigenvalue weighted by molar-refractivity contribution is -0.142. The predicted octanol–water partition coefficient (Wildman–Crippen LogP) is 2.03. The quantitative estimate of drug-likeness (QED) is 0.868. The smallest absolute Gasteiger partial charge is 0.322 e. The topological polar surface area (TPSA) is 78.1 Å². The highest BCUT2D eigenvalue weighted by Crippen LogP contribution is 2.18. The van der Waals surface area contributed by atoms with Gasteiger partial charge in [0.15, 0.2) is 0 Å². The number of carbonyl (C=O) groups is 1. The molecule has 21 heavy (non-hydrogen) atoms. The molecule has 0 aliphatic rings. The number of nitrogens with two attached hydrogens (primary N) is 1. The Labute approximate surface area is 135 Å². The molecular formula is C14H17Cl2N3O2. The van der Waals surface area contributed by atoms with E-state index >= 15 is 0 Å². The number of rotatable bonds is 4. The summed E-state index contributed by atoms with van der Waals surface area (Å²) >= 11 is 0. The second kappa shape index (κ2) is 9.28. The van der Waals surface area contributed by atoms with Crippen LogP contribution in [-0.2, 0) is 16.0 Å². The van der Waals surface area contributed by atoms with Crippen LogP contribution in [0.15, 0.2) is 42.7 Å². The highest BCUT2D eigenvalue weighted by atomic mass is 35.5. The van der Waals surface area contributed by atoms with E-state index < -0.39 is 12.0 Å². The Hall–Kier alpha value is -1.69. The third kappa shape index (κ3) is 5.30. The summed E-state index contributed by atoms with van der Waals surface area (Å²) in [6.45, 7) is 0. The van der Waals surface area contributed by atoms with Gasteiger partial charge in [-0.15, -0.1) is 24.8 Å². The third-order valence-corrected chi connectivity index (χ3v) is 2.83. The zero-order valence-electron chi connectivity index (χ0n) is 11.4. The predicted molar refractivity (Wildman–Crippen MR) is 85.7 cm³/mol. The number of halogens is 2. The second-order valence-corrected chi connectivity index (χ2v) is 4.16. The third-order valence-electron chi connectivity index (χ3n) is 2.83. The van der Waals surface area contributed by atoms with Crippen molar-refractivity contribution in [1.82, 2.24) is 10.2 Å². The van der Waals surface area contributed by atoms with Gasteiger partial charge in [0.2, 0.25) is 0 Å². The first-order valence-corrected chi connectivity index (χ1v) is 5.90. The minimum absolute atomic E-state index is 0. The van der Waals surface area contributed by atoms with Gasteiger partial charge in [0, 0.05) is 5.56 Å². The molecule has 0 radical (unpaired) electrons. The van der Waals surface area contributed by atoms with E-state index in [1.54, 1.807) is 12.4 Å². The minimum Gasteiger partial charge on any atom is -0.468 e. The Balaban J connectivity index is 0.00000200. The Bertz CT molecular complexity index is 550. The van der Waals surface area contributed by atoms with Crippen LogP contribution in [0.5, 0.6) is 0 Å². The number of benzene rings is 1. The molecule has 0 bridgehead atoms. The number of carbonyl (C=O) groups excluding carboxylic acids is 1. The molecule has 0 fully saturated rings. The molecule has 1 aromatic carbocycles. The zero-order valence-corrected chi connectivity index (χ0v) is 13.1. The van der Waals surface area contributed by atoms with E-state index in [0.29, 0.717) is 6.42 Å². The van der Waals surface area contributed by atoms with Crippen molar-refractivity contribution in [3.05, 3.63) is 48.3 Å². The molecule has 1 heterocycles. The van der Waals surface area contributed by atoms with Gasteiger partial charge in [0.25, 0.3) is 0 Å². The molecule has 7 heteroatoms. The SMILES string of the molecule is COC(=O)C(N)Cc1ccc(-c2ccnnc2)cc1.Cl.Cl. The summed E-state index contributed by atoms with van der Waals surface area (Å²) in [6.07, 6.45) is 3.81. The van der Waals surface area contributed by atoms with E-state index in [4.69, 9.17) is 5.73 Å². The number of ether oxygens (including phenoxy) is 1. The summed E-state index contributed by atoms with van der Waals surface area (Å²) in [5.74, 6) is -0.401. The number of aromatic nitrogens is 2. The summed E-state index contributed by atoms with van der Waals surface area (Å²) in [6, 6.07) is 9.09. The van der Waals surface area contributed by atoms with Gasteiger partial charge >= 0.3 is 5.97 Å². The molecule has 0 saturated carbocycles. The van der Waals surface area contributed by atoms with E-state index in [2.05, 4.69) is 14.9 Å². The highest BCUT2D eigenvalue weighted by molar-refractivity contribution is 5.85. The van der Waals surface area contributed by atoms with Crippen molar-refractivity contribution in [2.45, 2.75) is 12.5 Å². The van der Waals surface area contributed by atoms with Crippen LogP contribution in [0.2, 0.25) is 0 Å². The Kier molecular flexibility index (Phi) is 8.54. The molecule has 2 N–H and O–H groups in total. The molecule has 114 valence electrons. The number of methoxy groups -OCH3 is 1. The van der Waals surface area contributed by atoms with Gasteiger partial charge in [-0.05, 0) is 23.6 Å². The van der Waals surface area contributed by atoms with Crippen LogP contribution in [0.1, 0.15) is 5.56 Å². The number of esters is 1. The molecule has 1 atom stereocenters. The maximum Gasteiger partial charge on any atom is 0.322 e. The van der Waals surface area contributed by atoms with E-state index in [1.165, 1.54) is 7.11 Å². The van der Waals surface area contributed by atoms with Crippen molar-refractivity contribution in [2.75, 3.05) is 7.11 Å². The van der Waals surface area contributed by atoms with Gasteiger partial charge in [-0.3, -0.25) is 4.79 Å². The lowest BCUT2D eigenvalue weighted by Crippen LogP contribution is -2.33. The van der Waals surface area contributed by atoms with Crippen molar-refractivity contribution in [3.8, 4) is 11.1 Å². The fourth-order valence-electron chi connectivity index (χ4n) is 1.78. The van der Waals surface area contributed by atoms with Crippen LogP contribution in [-0.4, -0.2) is 29.3 Å². The summed E-state index contributed by atoms with van der Waals surface area (Å²) in [7, 11) is 1.34. The average molecular weight is 330 g/mol. The fourth-order valence-corrected chi connectivity index (χ4v) is 1.78. The molecule has 1 unspecified atom stereocenters. The van der Waals surface area contributed by atoms with Crippen molar-refractivity contribution in [3.63, 3.8) is 0 Å². The van der Waals surface area contributed by atoms with Gasteiger partial charge in [0.1, 0.15) is 6.04 Å². The Morgan fingerprint density at radius 3 is 2.33 bits per heavy atom. The van der Waals surface area contributed by atoms with Crippen molar-refractivity contribution in [1.29, 1.82) is 0 Å².